The number of amides is 1. The first-order valence-corrected chi connectivity index (χ1v) is 6.02. The summed E-state index contributed by atoms with van der Waals surface area (Å²) in [4.78, 5) is 13.7. The molecule has 1 aromatic carbocycles. The molecule has 17 heavy (non-hydrogen) atoms. The number of nitrogens with zero attached hydrogens (tertiary/aromatic N) is 1. The Kier molecular flexibility index (Phi) is 3.52. The van der Waals surface area contributed by atoms with Crippen LogP contribution in [0.4, 0.5) is 5.69 Å². The maximum Gasteiger partial charge on any atom is 0.222 e. The summed E-state index contributed by atoms with van der Waals surface area (Å²) in [6.07, 6.45) is 3.44. The number of anilines is 1. The van der Waals surface area contributed by atoms with Crippen LogP contribution in [0.15, 0.2) is 18.2 Å². The van der Waals surface area contributed by atoms with Crippen molar-refractivity contribution in [2.24, 2.45) is 0 Å². The van der Waals surface area contributed by atoms with Crippen molar-refractivity contribution in [3.8, 4) is 5.75 Å². The minimum absolute atomic E-state index is 0.0969. The first-order valence-electron chi connectivity index (χ1n) is 6.02. The molecule has 1 amide bonds. The number of benzene rings is 1. The molecule has 0 spiro atoms. The quantitative estimate of drug-likeness (QED) is 0.615. The number of hydrogen-bond acceptors (Lipinski definition) is 3. The molecule has 0 aliphatic carbocycles. The summed E-state index contributed by atoms with van der Waals surface area (Å²) >= 11 is 0. The molecular formula is C13H18N2O2. The van der Waals surface area contributed by atoms with E-state index in [1.54, 1.807) is 12.1 Å². The van der Waals surface area contributed by atoms with Gasteiger partial charge in [-0.2, -0.15) is 0 Å². The molecule has 0 aromatic heterocycles. The van der Waals surface area contributed by atoms with Gasteiger partial charge in [0.05, 0.1) is 5.69 Å². The molecule has 0 atom stereocenters. The summed E-state index contributed by atoms with van der Waals surface area (Å²) in [5, 5.41) is 9.29. The van der Waals surface area contributed by atoms with Crippen LogP contribution in [0, 0.1) is 0 Å². The van der Waals surface area contributed by atoms with Gasteiger partial charge in [0, 0.05) is 19.5 Å². The van der Waals surface area contributed by atoms with Crippen molar-refractivity contribution < 1.29 is 9.90 Å². The van der Waals surface area contributed by atoms with Gasteiger partial charge in [0.15, 0.2) is 0 Å². The number of nitrogen functional groups attached to an aromatic ring is 1. The standard InChI is InChI=1S/C13H18N2O2/c14-11-9-10(3-5-12(11)16)4-6-13(17)15-7-1-2-8-15/h3,5,9,16H,1-2,4,6-8,14H2. The highest BCUT2D eigenvalue weighted by Gasteiger charge is 2.17. The first-order chi connectivity index (χ1) is 8.16. The number of likely N-dealkylation sites (tertiary alicyclic amines) is 1. The Morgan fingerprint density at radius 2 is 2.06 bits per heavy atom. The lowest BCUT2D eigenvalue weighted by Crippen LogP contribution is -2.27. The van der Waals surface area contributed by atoms with Gasteiger partial charge in [-0.15, -0.1) is 0 Å². The lowest BCUT2D eigenvalue weighted by atomic mass is 10.1. The molecule has 1 heterocycles. The zero-order chi connectivity index (χ0) is 12.3. The lowest BCUT2D eigenvalue weighted by Gasteiger charge is -2.15. The van der Waals surface area contributed by atoms with E-state index in [2.05, 4.69) is 0 Å². The molecule has 1 aliphatic rings. The average Bonchev–Trinajstić information content (AvgIpc) is 2.84. The second kappa shape index (κ2) is 5.08. The van der Waals surface area contributed by atoms with Crippen molar-refractivity contribution >= 4 is 11.6 Å². The summed E-state index contributed by atoms with van der Waals surface area (Å²) < 4.78 is 0. The second-order valence-electron chi connectivity index (χ2n) is 4.48. The largest absolute Gasteiger partial charge is 0.506 e. The number of phenols is 1. The van der Waals surface area contributed by atoms with Crippen molar-refractivity contribution in [3.05, 3.63) is 23.8 Å². The molecule has 1 fully saturated rings. The zero-order valence-electron chi connectivity index (χ0n) is 9.85. The van der Waals surface area contributed by atoms with Crippen molar-refractivity contribution in [1.29, 1.82) is 0 Å². The number of aryl methyl sites for hydroxylation is 1. The maximum atomic E-state index is 11.8. The molecular weight excluding hydrogens is 216 g/mol. The predicted octanol–water partition coefficient (Wildman–Crippen LogP) is 1.53. The number of rotatable bonds is 3. The van der Waals surface area contributed by atoms with Gasteiger partial charge in [-0.1, -0.05) is 6.07 Å². The third-order valence-corrected chi connectivity index (χ3v) is 3.18. The topological polar surface area (TPSA) is 66.6 Å². The van der Waals surface area contributed by atoms with E-state index in [0.717, 1.165) is 31.5 Å². The zero-order valence-corrected chi connectivity index (χ0v) is 9.85. The number of carbonyl (C=O) groups excluding carboxylic acids is 1. The van der Waals surface area contributed by atoms with Crippen LogP contribution in [0.25, 0.3) is 0 Å². The molecule has 0 bridgehead atoms. The maximum absolute atomic E-state index is 11.8. The summed E-state index contributed by atoms with van der Waals surface area (Å²) in [6, 6.07) is 5.11. The second-order valence-corrected chi connectivity index (χ2v) is 4.48. The van der Waals surface area contributed by atoms with Crippen LogP contribution in [0.3, 0.4) is 0 Å². The Labute approximate surface area is 101 Å². The van der Waals surface area contributed by atoms with E-state index >= 15 is 0 Å². The molecule has 1 saturated heterocycles. The molecule has 0 saturated carbocycles. The van der Waals surface area contributed by atoms with E-state index < -0.39 is 0 Å². The predicted molar refractivity (Wildman–Crippen MR) is 66.7 cm³/mol. The smallest absolute Gasteiger partial charge is 0.222 e. The molecule has 2 rings (SSSR count). The summed E-state index contributed by atoms with van der Waals surface area (Å²) in [5.41, 5.74) is 6.97. The monoisotopic (exact) mass is 234 g/mol. The molecule has 1 aromatic rings. The van der Waals surface area contributed by atoms with Gasteiger partial charge in [0.1, 0.15) is 5.75 Å². The van der Waals surface area contributed by atoms with Gasteiger partial charge in [-0.05, 0) is 37.0 Å². The Balaban J connectivity index is 1.88. The van der Waals surface area contributed by atoms with Crippen LogP contribution < -0.4 is 5.73 Å². The van der Waals surface area contributed by atoms with Crippen LogP contribution in [0.2, 0.25) is 0 Å². The third-order valence-electron chi connectivity index (χ3n) is 3.18. The molecule has 3 N–H and O–H groups in total. The van der Waals surface area contributed by atoms with Crippen LogP contribution in [-0.2, 0) is 11.2 Å². The molecule has 92 valence electrons. The Bertz CT molecular complexity index is 412. The summed E-state index contributed by atoms with van der Waals surface area (Å²) in [7, 11) is 0. The van der Waals surface area contributed by atoms with Gasteiger partial charge >= 0.3 is 0 Å². The van der Waals surface area contributed by atoms with Gasteiger partial charge < -0.3 is 15.7 Å². The number of carbonyl (C=O) groups is 1. The number of hydrogen-bond donors (Lipinski definition) is 2. The van der Waals surface area contributed by atoms with Crippen LogP contribution in [0.5, 0.6) is 5.75 Å². The van der Waals surface area contributed by atoms with Crippen molar-refractivity contribution in [1.82, 2.24) is 4.90 Å². The van der Waals surface area contributed by atoms with E-state index in [1.165, 1.54) is 0 Å². The van der Waals surface area contributed by atoms with Crippen LogP contribution >= 0.6 is 0 Å². The van der Waals surface area contributed by atoms with E-state index in [0.29, 0.717) is 18.5 Å². The van der Waals surface area contributed by atoms with Gasteiger partial charge in [-0.3, -0.25) is 4.79 Å². The van der Waals surface area contributed by atoms with Crippen LogP contribution in [-0.4, -0.2) is 29.0 Å². The lowest BCUT2D eigenvalue weighted by molar-refractivity contribution is -0.130. The van der Waals surface area contributed by atoms with E-state index in [-0.39, 0.29) is 11.7 Å². The average molecular weight is 234 g/mol. The summed E-state index contributed by atoms with van der Waals surface area (Å²) in [5.74, 6) is 0.314. The normalized spacial score (nSPS) is 15.2. The Hall–Kier alpha value is -1.71. The minimum atomic E-state index is 0.0969. The first kappa shape index (κ1) is 11.8. The highest BCUT2D eigenvalue weighted by atomic mass is 16.3. The minimum Gasteiger partial charge on any atom is -0.506 e. The Morgan fingerprint density at radius 1 is 1.35 bits per heavy atom. The number of aromatic hydroxyl groups is 1. The summed E-state index contributed by atoms with van der Waals surface area (Å²) in [6.45, 7) is 1.80. The van der Waals surface area contributed by atoms with Gasteiger partial charge in [0.2, 0.25) is 5.91 Å². The molecule has 0 unspecified atom stereocenters. The number of phenolic OH excluding ortho intramolecular Hbond substituents is 1. The van der Waals surface area contributed by atoms with Crippen molar-refractivity contribution in [3.63, 3.8) is 0 Å². The third kappa shape index (κ3) is 2.90. The highest BCUT2D eigenvalue weighted by Crippen LogP contribution is 2.21. The molecule has 1 aliphatic heterocycles. The molecule has 0 radical (unpaired) electrons. The molecule has 4 heteroatoms. The highest BCUT2D eigenvalue weighted by molar-refractivity contribution is 5.76. The van der Waals surface area contributed by atoms with E-state index in [4.69, 9.17) is 5.73 Å². The SMILES string of the molecule is Nc1cc(CCC(=O)N2CCCC2)ccc1O. The Morgan fingerprint density at radius 3 is 2.71 bits per heavy atom. The van der Waals surface area contributed by atoms with E-state index in [1.807, 2.05) is 11.0 Å². The van der Waals surface area contributed by atoms with Crippen molar-refractivity contribution in [2.75, 3.05) is 18.8 Å². The van der Waals surface area contributed by atoms with Crippen molar-refractivity contribution in [2.45, 2.75) is 25.7 Å². The fraction of sp³-hybridized carbons (Fsp3) is 0.462. The van der Waals surface area contributed by atoms with Gasteiger partial charge in [-0.25, -0.2) is 0 Å². The fourth-order valence-electron chi connectivity index (χ4n) is 2.14. The van der Waals surface area contributed by atoms with E-state index in [9.17, 15) is 9.90 Å². The fourth-order valence-corrected chi connectivity index (χ4v) is 2.14. The van der Waals surface area contributed by atoms with Gasteiger partial charge in [0.25, 0.3) is 0 Å². The number of nitrogens with two attached hydrogens (primary N) is 1. The molecule has 4 nitrogen and oxygen atoms in total. The van der Waals surface area contributed by atoms with Crippen LogP contribution in [0.1, 0.15) is 24.8 Å².